The largest absolute Gasteiger partial charge is 0.260 e. The Labute approximate surface area is 111 Å². The molecule has 3 aromatic rings. The summed E-state index contributed by atoms with van der Waals surface area (Å²) in [7, 11) is 0. The third kappa shape index (κ3) is 2.54. The summed E-state index contributed by atoms with van der Waals surface area (Å²) in [5.74, 6) is 0.916. The molecule has 0 aliphatic rings. The smallest absolute Gasteiger partial charge is 0.0506 e. The molecule has 0 unspecified atom stereocenters. The molecule has 2 aromatic carbocycles. The lowest BCUT2D eigenvalue weighted by Gasteiger charge is -2.03. The number of nitrogens with zero attached hydrogens (tertiary/aromatic N) is 1. The predicted octanol–water partition coefficient (Wildman–Crippen LogP) is 4.53. The lowest BCUT2D eigenvalue weighted by Crippen LogP contribution is -1.84. The van der Waals surface area contributed by atoms with E-state index in [9.17, 15) is 0 Å². The second-order valence-electron chi connectivity index (χ2n) is 4.12. The highest BCUT2D eigenvalue weighted by Crippen LogP contribution is 2.25. The molecule has 1 nitrogen and oxygen atoms in total. The van der Waals surface area contributed by atoms with Crippen molar-refractivity contribution in [3.8, 4) is 0 Å². The van der Waals surface area contributed by atoms with Crippen LogP contribution in [0.5, 0.6) is 0 Å². The van der Waals surface area contributed by atoms with Crippen LogP contribution < -0.4 is 0 Å². The molecule has 2 heteroatoms. The summed E-state index contributed by atoms with van der Waals surface area (Å²) in [6.07, 6.45) is 1.84. The maximum Gasteiger partial charge on any atom is 0.0506 e. The highest BCUT2D eigenvalue weighted by atomic mass is 32.2. The molecule has 88 valence electrons. The molecular formula is C16H13NS. The molecule has 0 aliphatic heterocycles. The van der Waals surface area contributed by atoms with Crippen LogP contribution in [0.1, 0.15) is 5.69 Å². The second-order valence-corrected chi connectivity index (χ2v) is 5.17. The van der Waals surface area contributed by atoms with Gasteiger partial charge in [-0.25, -0.2) is 0 Å². The van der Waals surface area contributed by atoms with E-state index in [4.69, 9.17) is 0 Å². The van der Waals surface area contributed by atoms with Crippen LogP contribution in [0.25, 0.3) is 10.8 Å². The van der Waals surface area contributed by atoms with Gasteiger partial charge < -0.3 is 0 Å². The van der Waals surface area contributed by atoms with Gasteiger partial charge in [0.1, 0.15) is 0 Å². The van der Waals surface area contributed by atoms with Crippen LogP contribution >= 0.6 is 11.8 Å². The van der Waals surface area contributed by atoms with Crippen LogP contribution in [-0.4, -0.2) is 4.98 Å². The Morgan fingerprint density at radius 1 is 0.833 bits per heavy atom. The zero-order valence-corrected chi connectivity index (χ0v) is 10.7. The Bertz CT molecular complexity index is 649. The Balaban J connectivity index is 1.79. The third-order valence-electron chi connectivity index (χ3n) is 2.83. The van der Waals surface area contributed by atoms with E-state index in [1.165, 1.54) is 15.7 Å². The monoisotopic (exact) mass is 251 g/mol. The summed E-state index contributed by atoms with van der Waals surface area (Å²) in [5.41, 5.74) is 1.12. The minimum Gasteiger partial charge on any atom is -0.260 e. The molecule has 1 heterocycles. The third-order valence-corrected chi connectivity index (χ3v) is 3.86. The lowest BCUT2D eigenvalue weighted by atomic mass is 10.1. The first-order valence-electron chi connectivity index (χ1n) is 5.93. The molecule has 0 radical (unpaired) electrons. The average Bonchev–Trinajstić information content (AvgIpc) is 2.46. The molecular weight excluding hydrogens is 238 g/mol. The number of pyridine rings is 1. The van der Waals surface area contributed by atoms with E-state index in [2.05, 4.69) is 53.5 Å². The number of hydrogen-bond donors (Lipinski definition) is 0. The molecule has 3 rings (SSSR count). The van der Waals surface area contributed by atoms with E-state index in [1.807, 2.05) is 30.1 Å². The van der Waals surface area contributed by atoms with Crippen LogP contribution in [0.4, 0.5) is 0 Å². The van der Waals surface area contributed by atoms with Gasteiger partial charge in [-0.05, 0) is 35.0 Å². The van der Waals surface area contributed by atoms with E-state index in [-0.39, 0.29) is 0 Å². The topological polar surface area (TPSA) is 12.9 Å². The van der Waals surface area contributed by atoms with Crippen LogP contribution in [0, 0.1) is 0 Å². The molecule has 0 amide bonds. The fourth-order valence-electron chi connectivity index (χ4n) is 1.90. The SMILES string of the molecule is c1ccc(CSc2ccc3ccccc3c2)nc1. The molecule has 18 heavy (non-hydrogen) atoms. The van der Waals surface area contributed by atoms with E-state index < -0.39 is 0 Å². The van der Waals surface area contributed by atoms with Crippen molar-refractivity contribution in [3.05, 3.63) is 72.6 Å². The quantitative estimate of drug-likeness (QED) is 0.634. The zero-order valence-electron chi connectivity index (χ0n) is 9.91. The summed E-state index contributed by atoms with van der Waals surface area (Å²) in [4.78, 5) is 5.63. The van der Waals surface area contributed by atoms with Gasteiger partial charge in [0.2, 0.25) is 0 Å². The first kappa shape index (κ1) is 11.3. The number of fused-ring (bicyclic) bond motifs is 1. The Morgan fingerprint density at radius 2 is 1.67 bits per heavy atom. The average molecular weight is 251 g/mol. The summed E-state index contributed by atoms with van der Waals surface area (Å²) in [6, 6.07) is 21.1. The Morgan fingerprint density at radius 3 is 2.50 bits per heavy atom. The van der Waals surface area contributed by atoms with Gasteiger partial charge in [-0.15, -0.1) is 11.8 Å². The van der Waals surface area contributed by atoms with Crippen molar-refractivity contribution in [2.75, 3.05) is 0 Å². The fourth-order valence-corrected chi connectivity index (χ4v) is 2.76. The van der Waals surface area contributed by atoms with Crippen LogP contribution in [-0.2, 0) is 5.75 Å². The van der Waals surface area contributed by atoms with Crippen molar-refractivity contribution in [1.82, 2.24) is 4.98 Å². The molecule has 0 bridgehead atoms. The standard InChI is InChI=1S/C16H13NS/c1-2-6-14-11-16(9-8-13(14)5-1)18-12-15-7-3-4-10-17-15/h1-11H,12H2. The van der Waals surface area contributed by atoms with Gasteiger partial charge in [-0.1, -0.05) is 36.4 Å². The summed E-state index contributed by atoms with van der Waals surface area (Å²) < 4.78 is 0. The van der Waals surface area contributed by atoms with Crippen LogP contribution in [0.2, 0.25) is 0 Å². The van der Waals surface area contributed by atoms with Crippen LogP contribution in [0.15, 0.2) is 71.8 Å². The van der Waals surface area contributed by atoms with E-state index in [0.717, 1.165) is 11.4 Å². The van der Waals surface area contributed by atoms with Crippen molar-refractivity contribution in [2.24, 2.45) is 0 Å². The molecule has 0 fully saturated rings. The molecule has 0 aliphatic carbocycles. The fraction of sp³-hybridized carbons (Fsp3) is 0.0625. The summed E-state index contributed by atoms with van der Waals surface area (Å²) in [6.45, 7) is 0. The van der Waals surface area contributed by atoms with Crippen molar-refractivity contribution >= 4 is 22.5 Å². The molecule has 1 aromatic heterocycles. The summed E-state index contributed by atoms with van der Waals surface area (Å²) >= 11 is 1.83. The predicted molar refractivity (Wildman–Crippen MR) is 77.7 cm³/mol. The van der Waals surface area contributed by atoms with Gasteiger partial charge in [0.25, 0.3) is 0 Å². The van der Waals surface area contributed by atoms with Gasteiger partial charge in [0, 0.05) is 16.8 Å². The minimum atomic E-state index is 0.916. The molecule has 0 N–H and O–H groups in total. The molecule has 0 saturated heterocycles. The minimum absolute atomic E-state index is 0.916. The first-order valence-corrected chi connectivity index (χ1v) is 6.92. The number of thioether (sulfide) groups is 1. The number of rotatable bonds is 3. The number of hydrogen-bond acceptors (Lipinski definition) is 2. The van der Waals surface area contributed by atoms with Crippen LogP contribution in [0.3, 0.4) is 0 Å². The van der Waals surface area contributed by atoms with Gasteiger partial charge in [-0.2, -0.15) is 0 Å². The van der Waals surface area contributed by atoms with Gasteiger partial charge in [0.05, 0.1) is 5.69 Å². The van der Waals surface area contributed by atoms with Crippen molar-refractivity contribution in [3.63, 3.8) is 0 Å². The maximum atomic E-state index is 4.34. The molecule has 0 spiro atoms. The maximum absolute atomic E-state index is 4.34. The van der Waals surface area contributed by atoms with E-state index >= 15 is 0 Å². The van der Waals surface area contributed by atoms with Gasteiger partial charge >= 0.3 is 0 Å². The number of benzene rings is 2. The van der Waals surface area contributed by atoms with Gasteiger partial charge in [-0.3, -0.25) is 4.98 Å². The van der Waals surface area contributed by atoms with Gasteiger partial charge in [0.15, 0.2) is 0 Å². The van der Waals surface area contributed by atoms with Crippen molar-refractivity contribution < 1.29 is 0 Å². The second kappa shape index (κ2) is 5.23. The van der Waals surface area contributed by atoms with E-state index in [0.29, 0.717) is 0 Å². The molecule has 0 saturated carbocycles. The van der Waals surface area contributed by atoms with Crippen molar-refractivity contribution in [2.45, 2.75) is 10.6 Å². The summed E-state index contributed by atoms with van der Waals surface area (Å²) in [5, 5.41) is 2.59. The van der Waals surface area contributed by atoms with E-state index in [1.54, 1.807) is 0 Å². The highest BCUT2D eigenvalue weighted by molar-refractivity contribution is 7.98. The van der Waals surface area contributed by atoms with Crippen molar-refractivity contribution in [1.29, 1.82) is 0 Å². The zero-order chi connectivity index (χ0) is 12.2. The first-order chi connectivity index (χ1) is 8.92. The lowest BCUT2D eigenvalue weighted by molar-refractivity contribution is 1.17. The Kier molecular flexibility index (Phi) is 3.29. The number of aromatic nitrogens is 1. The normalized spacial score (nSPS) is 10.7. The Hall–Kier alpha value is -1.80. The molecule has 0 atom stereocenters. The highest BCUT2D eigenvalue weighted by Gasteiger charge is 1.98.